The van der Waals surface area contributed by atoms with E-state index in [1.54, 1.807) is 37.3 Å². The third-order valence-corrected chi connectivity index (χ3v) is 8.12. The van der Waals surface area contributed by atoms with Crippen LogP contribution in [0.15, 0.2) is 87.8 Å². The van der Waals surface area contributed by atoms with Crippen molar-refractivity contribution < 1.29 is 14.2 Å². The number of morpholine rings is 1. The van der Waals surface area contributed by atoms with Crippen LogP contribution < -0.4 is 25.2 Å². The molecule has 9 heteroatoms. The fourth-order valence-corrected chi connectivity index (χ4v) is 6.06. The van der Waals surface area contributed by atoms with Gasteiger partial charge in [-0.25, -0.2) is 0 Å². The van der Waals surface area contributed by atoms with E-state index in [1.165, 1.54) is 0 Å². The number of H-pyrrole nitrogens is 1. The highest BCUT2D eigenvalue weighted by Crippen LogP contribution is 2.51. The van der Waals surface area contributed by atoms with Crippen LogP contribution in [0.5, 0.6) is 17.2 Å². The fraction of sp³-hybridized carbons (Fsp3) is 0.267. The lowest BCUT2D eigenvalue weighted by Gasteiger charge is -2.35. The zero-order valence-corrected chi connectivity index (χ0v) is 22.7. The number of rotatable bonds is 7. The van der Waals surface area contributed by atoms with E-state index < -0.39 is 0 Å². The summed E-state index contributed by atoms with van der Waals surface area (Å²) in [7, 11) is 1.65. The van der Waals surface area contributed by atoms with Crippen LogP contribution in [0.25, 0.3) is 0 Å². The summed E-state index contributed by atoms with van der Waals surface area (Å²) < 4.78 is 18.0. The summed E-state index contributed by atoms with van der Waals surface area (Å²) in [4.78, 5) is 23.1. The second-order valence-electron chi connectivity index (χ2n) is 9.52. The molecule has 4 heterocycles. The summed E-state index contributed by atoms with van der Waals surface area (Å²) in [6.07, 6.45) is 6.01. The molecule has 0 aliphatic carbocycles. The van der Waals surface area contributed by atoms with Crippen molar-refractivity contribution in [3.8, 4) is 17.2 Å². The SMILES string of the molecule is CCC(Nc1ccc2c(c1)Sc1cccc(C3CN(c4cc[nH]c(=O)c4)CCO3)c1O2)c1cncc(OC)c1. The fourth-order valence-electron chi connectivity index (χ4n) is 5.03. The Kier molecular flexibility index (Phi) is 7.17. The van der Waals surface area contributed by atoms with E-state index in [0.29, 0.717) is 13.2 Å². The van der Waals surface area contributed by atoms with Crippen molar-refractivity contribution >= 4 is 23.1 Å². The second kappa shape index (κ2) is 11.0. The number of pyridine rings is 2. The molecule has 2 aromatic carbocycles. The van der Waals surface area contributed by atoms with Gasteiger partial charge in [0.2, 0.25) is 5.56 Å². The molecule has 2 aliphatic rings. The van der Waals surface area contributed by atoms with E-state index in [-0.39, 0.29) is 17.7 Å². The van der Waals surface area contributed by atoms with E-state index in [9.17, 15) is 4.79 Å². The first-order valence-corrected chi connectivity index (χ1v) is 13.9. The van der Waals surface area contributed by atoms with E-state index in [4.69, 9.17) is 14.2 Å². The van der Waals surface area contributed by atoms with Crippen molar-refractivity contribution in [1.82, 2.24) is 9.97 Å². The molecule has 2 unspecified atom stereocenters. The molecule has 2 N–H and O–H groups in total. The summed E-state index contributed by atoms with van der Waals surface area (Å²) in [5.74, 6) is 2.41. The Hall–Kier alpha value is -3.95. The molecule has 0 radical (unpaired) electrons. The molecule has 0 spiro atoms. The van der Waals surface area contributed by atoms with Gasteiger partial charge in [0.1, 0.15) is 23.4 Å². The highest BCUT2D eigenvalue weighted by molar-refractivity contribution is 7.99. The summed E-state index contributed by atoms with van der Waals surface area (Å²) in [6.45, 7) is 4.09. The lowest BCUT2D eigenvalue weighted by Crippen LogP contribution is -2.39. The molecule has 2 atom stereocenters. The smallest absolute Gasteiger partial charge is 0.249 e. The molecule has 8 nitrogen and oxygen atoms in total. The molecule has 1 fully saturated rings. The molecular weight excluding hydrogens is 512 g/mol. The summed E-state index contributed by atoms with van der Waals surface area (Å²) in [5.41, 5.74) is 3.90. The number of ether oxygens (including phenoxy) is 3. The number of para-hydroxylation sites is 1. The minimum Gasteiger partial charge on any atom is -0.495 e. The highest BCUT2D eigenvalue weighted by atomic mass is 32.2. The molecule has 6 rings (SSSR count). The van der Waals surface area contributed by atoms with Gasteiger partial charge in [0.15, 0.2) is 0 Å². The maximum Gasteiger partial charge on any atom is 0.249 e. The minimum atomic E-state index is -0.169. The number of methoxy groups -OCH3 is 1. The van der Waals surface area contributed by atoms with Crippen LogP contribution in [-0.4, -0.2) is 36.8 Å². The Morgan fingerprint density at radius 2 is 2.10 bits per heavy atom. The average molecular weight is 543 g/mol. The lowest BCUT2D eigenvalue weighted by molar-refractivity contribution is 0.0383. The number of benzene rings is 2. The Bertz CT molecular complexity index is 1540. The molecule has 2 aromatic heterocycles. The summed E-state index contributed by atoms with van der Waals surface area (Å²) in [6, 6.07) is 18.1. The quantitative estimate of drug-likeness (QED) is 0.252. The van der Waals surface area contributed by atoms with E-state index in [0.717, 1.165) is 62.5 Å². The van der Waals surface area contributed by atoms with Gasteiger partial charge in [-0.1, -0.05) is 30.8 Å². The summed E-state index contributed by atoms with van der Waals surface area (Å²) in [5, 5.41) is 3.64. The van der Waals surface area contributed by atoms with Gasteiger partial charge in [0.05, 0.1) is 35.7 Å². The number of anilines is 2. The maximum absolute atomic E-state index is 11.8. The highest BCUT2D eigenvalue weighted by Gasteiger charge is 2.29. The number of hydrogen-bond donors (Lipinski definition) is 2. The number of hydrogen-bond acceptors (Lipinski definition) is 8. The third kappa shape index (κ3) is 5.32. The largest absolute Gasteiger partial charge is 0.495 e. The van der Waals surface area contributed by atoms with Crippen molar-refractivity contribution in [3.05, 3.63) is 94.7 Å². The number of aromatic amines is 1. The minimum absolute atomic E-state index is 0.102. The zero-order chi connectivity index (χ0) is 26.8. The molecule has 39 heavy (non-hydrogen) atoms. The first-order valence-electron chi connectivity index (χ1n) is 13.0. The monoisotopic (exact) mass is 542 g/mol. The lowest BCUT2D eigenvalue weighted by atomic mass is 10.1. The van der Waals surface area contributed by atoms with E-state index in [1.807, 2.05) is 24.4 Å². The predicted molar refractivity (Wildman–Crippen MR) is 152 cm³/mol. The van der Waals surface area contributed by atoms with Crippen LogP contribution in [0, 0.1) is 0 Å². The van der Waals surface area contributed by atoms with Gasteiger partial charge in [-0.05, 0) is 48.4 Å². The zero-order valence-electron chi connectivity index (χ0n) is 21.8. The van der Waals surface area contributed by atoms with Crippen LogP contribution in [0.3, 0.4) is 0 Å². The van der Waals surface area contributed by atoms with Crippen molar-refractivity contribution in [3.63, 3.8) is 0 Å². The maximum atomic E-state index is 11.8. The molecule has 4 aromatic rings. The van der Waals surface area contributed by atoms with Gasteiger partial charge < -0.3 is 29.4 Å². The normalized spacial score (nSPS) is 17.0. The summed E-state index contributed by atoms with van der Waals surface area (Å²) >= 11 is 1.70. The molecule has 2 aliphatic heterocycles. The van der Waals surface area contributed by atoms with Gasteiger partial charge in [-0.3, -0.25) is 9.78 Å². The van der Waals surface area contributed by atoms with Gasteiger partial charge >= 0.3 is 0 Å². The number of nitrogens with zero attached hydrogens (tertiary/aromatic N) is 2. The Labute approximate surface area is 231 Å². The molecule has 1 saturated heterocycles. The number of nitrogens with one attached hydrogen (secondary N) is 2. The van der Waals surface area contributed by atoms with Crippen LogP contribution in [0.2, 0.25) is 0 Å². The third-order valence-electron chi connectivity index (χ3n) is 7.04. The van der Waals surface area contributed by atoms with Crippen LogP contribution >= 0.6 is 11.8 Å². The van der Waals surface area contributed by atoms with Gasteiger partial charge in [0, 0.05) is 48.5 Å². The number of fused-ring (bicyclic) bond motifs is 2. The van der Waals surface area contributed by atoms with Crippen LogP contribution in [0.1, 0.15) is 36.6 Å². The van der Waals surface area contributed by atoms with Gasteiger partial charge in [-0.15, -0.1) is 0 Å². The van der Waals surface area contributed by atoms with Gasteiger partial charge in [-0.2, -0.15) is 0 Å². The number of aromatic nitrogens is 2. The van der Waals surface area contributed by atoms with Crippen molar-refractivity contribution in [2.24, 2.45) is 0 Å². The Morgan fingerprint density at radius 1 is 1.18 bits per heavy atom. The molecule has 0 saturated carbocycles. The second-order valence-corrected chi connectivity index (χ2v) is 10.6. The van der Waals surface area contributed by atoms with E-state index >= 15 is 0 Å². The van der Waals surface area contributed by atoms with Crippen LogP contribution in [-0.2, 0) is 4.74 Å². The van der Waals surface area contributed by atoms with Crippen molar-refractivity contribution in [2.75, 3.05) is 37.0 Å². The molecule has 200 valence electrons. The molecule has 0 bridgehead atoms. The topological polar surface area (TPSA) is 88.7 Å². The predicted octanol–water partition coefficient (Wildman–Crippen LogP) is 6.18. The van der Waals surface area contributed by atoms with E-state index in [2.05, 4.69) is 57.4 Å². The Morgan fingerprint density at radius 3 is 2.95 bits per heavy atom. The first-order chi connectivity index (χ1) is 19.1. The average Bonchev–Trinajstić information content (AvgIpc) is 2.98. The van der Waals surface area contributed by atoms with Crippen LogP contribution in [0.4, 0.5) is 11.4 Å². The first kappa shape index (κ1) is 25.3. The standard InChI is InChI=1S/C30H30N4O4S/c1-3-24(19-13-22(36-2)17-31-16-19)33-20-7-8-25-28(14-20)39-27-6-4-5-23(30(27)38-25)26-18-34(11-12-37-26)21-9-10-32-29(35)15-21/h4-10,13-17,24,26,33H,3,11-12,18H2,1-2H3,(H,32,35). The van der Waals surface area contributed by atoms with Gasteiger partial charge in [0.25, 0.3) is 0 Å². The van der Waals surface area contributed by atoms with Crippen molar-refractivity contribution in [2.45, 2.75) is 35.3 Å². The Balaban J connectivity index is 1.22. The molecule has 0 amide bonds. The van der Waals surface area contributed by atoms with Crippen molar-refractivity contribution in [1.29, 1.82) is 0 Å². The molecular formula is C30H30N4O4S.